The van der Waals surface area contributed by atoms with Crippen LogP contribution in [0.3, 0.4) is 0 Å². The maximum atomic E-state index is 13.1. The van der Waals surface area contributed by atoms with Crippen LogP contribution in [0.4, 0.5) is 27.6 Å². The number of halogens is 5. The molecule has 0 aliphatic rings. The van der Waals surface area contributed by atoms with Crippen molar-refractivity contribution < 1.29 is 36.3 Å². The Labute approximate surface area is 154 Å². The maximum absolute atomic E-state index is 13.1. The zero-order valence-electron chi connectivity index (χ0n) is 13.2. The molecule has 0 aliphatic carbocycles. The molecule has 1 N–H and O–H groups in total. The summed E-state index contributed by atoms with van der Waals surface area (Å²) < 4.78 is 68.0. The number of hydrogen-bond donors (Lipinski definition) is 1. The Hall–Kier alpha value is -2.88. The molecule has 0 bridgehead atoms. The number of rotatable bonds is 4. The van der Waals surface area contributed by atoms with E-state index in [0.717, 1.165) is 12.1 Å². The fourth-order valence-corrected chi connectivity index (χ4v) is 2.08. The molecule has 2 rings (SSSR count). The van der Waals surface area contributed by atoms with Gasteiger partial charge in [0.25, 0.3) is 0 Å². The SMILES string of the molecule is O=C(OC(=S)c1ccccc1)c1ccccc1NC(=O)C(F)(F)C(F)(F)F. The lowest BCUT2D eigenvalue weighted by Gasteiger charge is -2.19. The van der Waals surface area contributed by atoms with Crippen molar-refractivity contribution in [1.82, 2.24) is 0 Å². The number of alkyl halides is 5. The molecule has 0 spiro atoms. The van der Waals surface area contributed by atoms with E-state index in [0.29, 0.717) is 5.56 Å². The van der Waals surface area contributed by atoms with Crippen LogP contribution in [0, 0.1) is 0 Å². The van der Waals surface area contributed by atoms with E-state index in [1.165, 1.54) is 17.4 Å². The molecule has 10 heteroatoms. The smallest absolute Gasteiger partial charge is 0.410 e. The van der Waals surface area contributed by atoms with Crippen molar-refractivity contribution in [2.75, 3.05) is 5.32 Å². The first-order valence-corrected chi connectivity index (χ1v) is 7.61. The Kier molecular flexibility index (Phi) is 5.89. The van der Waals surface area contributed by atoms with Crippen molar-refractivity contribution in [3.8, 4) is 0 Å². The van der Waals surface area contributed by atoms with Gasteiger partial charge in [-0.1, -0.05) is 42.5 Å². The highest BCUT2D eigenvalue weighted by Crippen LogP contribution is 2.36. The third-order valence-corrected chi connectivity index (χ3v) is 3.55. The molecule has 0 atom stereocenters. The van der Waals surface area contributed by atoms with Crippen molar-refractivity contribution in [1.29, 1.82) is 0 Å². The summed E-state index contributed by atoms with van der Waals surface area (Å²) in [5.74, 6) is -9.39. The van der Waals surface area contributed by atoms with Crippen LogP contribution < -0.4 is 5.32 Å². The van der Waals surface area contributed by atoms with Gasteiger partial charge in [0.15, 0.2) is 0 Å². The van der Waals surface area contributed by atoms with Crippen LogP contribution >= 0.6 is 12.2 Å². The zero-order valence-corrected chi connectivity index (χ0v) is 14.0. The first kappa shape index (κ1) is 20.4. The van der Waals surface area contributed by atoms with Gasteiger partial charge < -0.3 is 10.1 Å². The van der Waals surface area contributed by atoms with Crippen LogP contribution in [-0.2, 0) is 9.53 Å². The highest BCUT2D eigenvalue weighted by Gasteiger charge is 2.63. The Morgan fingerprint density at radius 1 is 0.889 bits per heavy atom. The van der Waals surface area contributed by atoms with E-state index >= 15 is 0 Å². The predicted molar refractivity (Wildman–Crippen MR) is 89.6 cm³/mol. The van der Waals surface area contributed by atoms with E-state index in [2.05, 4.69) is 0 Å². The molecular weight excluding hydrogens is 393 g/mol. The second-order valence-electron chi connectivity index (χ2n) is 5.11. The summed E-state index contributed by atoms with van der Waals surface area (Å²) in [6.45, 7) is 0. The molecule has 0 saturated heterocycles. The Morgan fingerprint density at radius 3 is 2.04 bits per heavy atom. The quantitative estimate of drug-likeness (QED) is 0.468. The highest BCUT2D eigenvalue weighted by molar-refractivity contribution is 7.80. The number of amides is 1. The summed E-state index contributed by atoms with van der Waals surface area (Å²) >= 11 is 4.94. The number of benzene rings is 2. The van der Waals surface area contributed by atoms with Gasteiger partial charge in [-0.3, -0.25) is 4.79 Å². The normalized spacial score (nSPS) is 11.6. The maximum Gasteiger partial charge on any atom is 0.463 e. The molecule has 2 aromatic carbocycles. The van der Waals surface area contributed by atoms with Crippen molar-refractivity contribution >= 4 is 34.8 Å². The van der Waals surface area contributed by atoms with Crippen LogP contribution in [-0.4, -0.2) is 29.0 Å². The molecule has 2 aromatic rings. The fraction of sp³-hybridized carbons (Fsp3) is 0.118. The lowest BCUT2D eigenvalue weighted by molar-refractivity contribution is -0.267. The molecule has 27 heavy (non-hydrogen) atoms. The van der Waals surface area contributed by atoms with Gasteiger partial charge >= 0.3 is 24.0 Å². The number of carbonyl (C=O) groups excluding carboxylic acids is 2. The molecule has 1 amide bonds. The van der Waals surface area contributed by atoms with Crippen LogP contribution in [0.2, 0.25) is 0 Å². The van der Waals surface area contributed by atoms with Gasteiger partial charge in [0, 0.05) is 5.56 Å². The van der Waals surface area contributed by atoms with Gasteiger partial charge in [-0.05, 0) is 24.4 Å². The topological polar surface area (TPSA) is 55.4 Å². The molecule has 0 aromatic heterocycles. The molecule has 0 heterocycles. The minimum Gasteiger partial charge on any atom is -0.410 e. The van der Waals surface area contributed by atoms with Gasteiger partial charge in [-0.15, -0.1) is 0 Å². The van der Waals surface area contributed by atoms with E-state index in [-0.39, 0.29) is 5.05 Å². The molecule has 0 unspecified atom stereocenters. The first-order chi connectivity index (χ1) is 12.5. The van der Waals surface area contributed by atoms with E-state index in [9.17, 15) is 31.5 Å². The molecule has 0 aliphatic heterocycles. The largest absolute Gasteiger partial charge is 0.463 e. The number of thiocarbonyl (C=S) groups is 1. The standard InChI is InChI=1S/C17H10F5NO3S/c18-16(19,17(20,21)22)15(25)23-12-9-5-4-8-11(12)13(24)26-14(27)10-6-2-1-3-7-10/h1-9H,(H,23,25). The zero-order chi connectivity index (χ0) is 20.2. The van der Waals surface area contributed by atoms with Crippen LogP contribution in [0.15, 0.2) is 54.6 Å². The van der Waals surface area contributed by atoms with E-state index in [4.69, 9.17) is 17.0 Å². The van der Waals surface area contributed by atoms with Gasteiger partial charge in [0.2, 0.25) is 5.05 Å². The number of anilines is 1. The summed E-state index contributed by atoms with van der Waals surface area (Å²) in [7, 11) is 0. The summed E-state index contributed by atoms with van der Waals surface area (Å²) in [6.07, 6.45) is -6.08. The number of ether oxygens (including phenoxy) is 1. The molecular formula is C17H10F5NO3S. The number of carbonyl (C=O) groups is 2. The minimum absolute atomic E-state index is 0.234. The Morgan fingerprint density at radius 2 is 1.44 bits per heavy atom. The van der Waals surface area contributed by atoms with Crippen molar-refractivity contribution in [2.45, 2.75) is 12.1 Å². The van der Waals surface area contributed by atoms with Crippen molar-refractivity contribution in [3.63, 3.8) is 0 Å². The van der Waals surface area contributed by atoms with Crippen LogP contribution in [0.5, 0.6) is 0 Å². The summed E-state index contributed by atoms with van der Waals surface area (Å²) in [5, 5.41) is 1.16. The average Bonchev–Trinajstić information content (AvgIpc) is 2.61. The fourth-order valence-electron chi connectivity index (χ4n) is 1.87. The monoisotopic (exact) mass is 403 g/mol. The third kappa shape index (κ3) is 4.64. The van der Waals surface area contributed by atoms with Crippen molar-refractivity contribution in [2.24, 2.45) is 0 Å². The van der Waals surface area contributed by atoms with Gasteiger partial charge in [0.05, 0.1) is 11.3 Å². The molecule has 142 valence electrons. The molecule has 4 nitrogen and oxygen atoms in total. The molecule has 0 radical (unpaired) electrons. The highest BCUT2D eigenvalue weighted by atomic mass is 32.1. The lowest BCUT2D eigenvalue weighted by Crippen LogP contribution is -2.47. The Bertz CT molecular complexity index is 868. The first-order valence-electron chi connectivity index (χ1n) is 7.20. The van der Waals surface area contributed by atoms with E-state index in [1.807, 2.05) is 0 Å². The van der Waals surface area contributed by atoms with Crippen LogP contribution in [0.25, 0.3) is 0 Å². The second-order valence-corrected chi connectivity index (χ2v) is 5.49. The van der Waals surface area contributed by atoms with Gasteiger partial charge in [0.1, 0.15) is 0 Å². The predicted octanol–water partition coefficient (Wildman–Crippen LogP) is 4.36. The summed E-state index contributed by atoms with van der Waals surface area (Å²) in [4.78, 5) is 23.5. The molecule has 0 fully saturated rings. The van der Waals surface area contributed by atoms with Crippen molar-refractivity contribution in [3.05, 3.63) is 65.7 Å². The average molecular weight is 403 g/mol. The number of hydrogen-bond acceptors (Lipinski definition) is 4. The second kappa shape index (κ2) is 7.78. The number of esters is 1. The van der Waals surface area contributed by atoms with Gasteiger partial charge in [-0.25, -0.2) is 4.79 Å². The lowest BCUT2D eigenvalue weighted by atomic mass is 10.1. The van der Waals surface area contributed by atoms with E-state index < -0.39 is 35.2 Å². The summed E-state index contributed by atoms with van der Waals surface area (Å²) in [6, 6.07) is 12.6. The summed E-state index contributed by atoms with van der Waals surface area (Å²) in [5.41, 5.74) is -0.639. The molecule has 0 saturated carbocycles. The minimum atomic E-state index is -6.08. The van der Waals surface area contributed by atoms with E-state index in [1.54, 1.807) is 30.3 Å². The van der Waals surface area contributed by atoms with Gasteiger partial charge in [-0.2, -0.15) is 22.0 Å². The Balaban J connectivity index is 2.21. The number of nitrogens with one attached hydrogen (secondary N) is 1. The third-order valence-electron chi connectivity index (χ3n) is 3.23. The number of para-hydroxylation sites is 1. The van der Waals surface area contributed by atoms with Crippen LogP contribution in [0.1, 0.15) is 15.9 Å².